The lowest BCUT2D eigenvalue weighted by Crippen LogP contribution is -2.26. The molecule has 0 saturated carbocycles. The third-order valence-corrected chi connectivity index (χ3v) is 5.72. The van der Waals surface area contributed by atoms with Crippen molar-refractivity contribution in [1.29, 1.82) is 0 Å². The standard InChI is InChI=1S/C14H12BrCl2NO2S/c1-9(10-2-7-13(16)14(17)8-10)18-21(19,20)12-5-3-11(15)4-6-12/h2-9,18H,1H3. The Morgan fingerprint density at radius 1 is 1.05 bits per heavy atom. The van der Waals surface area contributed by atoms with Crippen LogP contribution in [0.1, 0.15) is 18.5 Å². The quantitative estimate of drug-likeness (QED) is 0.789. The zero-order valence-corrected chi connectivity index (χ0v) is 14.9. The SMILES string of the molecule is CC(NS(=O)(=O)c1ccc(Br)cc1)c1ccc(Cl)c(Cl)c1. The summed E-state index contributed by atoms with van der Waals surface area (Å²) in [6.07, 6.45) is 0. The Kier molecular flexibility index (Phi) is 5.33. The molecule has 0 radical (unpaired) electrons. The molecule has 21 heavy (non-hydrogen) atoms. The van der Waals surface area contributed by atoms with Gasteiger partial charge in [0.2, 0.25) is 10.0 Å². The number of nitrogens with one attached hydrogen (secondary N) is 1. The highest BCUT2D eigenvalue weighted by molar-refractivity contribution is 9.10. The predicted octanol–water partition coefficient (Wildman–Crippen LogP) is 4.80. The van der Waals surface area contributed by atoms with E-state index >= 15 is 0 Å². The first-order valence-electron chi connectivity index (χ1n) is 6.02. The molecule has 0 aliphatic heterocycles. The minimum Gasteiger partial charge on any atom is -0.207 e. The Bertz CT molecular complexity index is 748. The lowest BCUT2D eigenvalue weighted by Gasteiger charge is -2.15. The maximum Gasteiger partial charge on any atom is 0.241 e. The molecule has 0 aliphatic carbocycles. The van der Waals surface area contributed by atoms with E-state index in [1.165, 1.54) is 12.1 Å². The van der Waals surface area contributed by atoms with E-state index in [0.29, 0.717) is 10.0 Å². The molecule has 0 aliphatic rings. The van der Waals surface area contributed by atoms with Crippen molar-refractivity contribution < 1.29 is 8.42 Å². The summed E-state index contributed by atoms with van der Waals surface area (Å²) < 4.78 is 28.0. The molecule has 0 heterocycles. The molecule has 0 bridgehead atoms. The van der Waals surface area contributed by atoms with E-state index in [2.05, 4.69) is 20.7 Å². The molecule has 3 nitrogen and oxygen atoms in total. The normalized spacial score (nSPS) is 13.1. The van der Waals surface area contributed by atoms with Crippen LogP contribution in [0.5, 0.6) is 0 Å². The average molecular weight is 409 g/mol. The molecule has 0 saturated heterocycles. The fourth-order valence-electron chi connectivity index (χ4n) is 1.76. The van der Waals surface area contributed by atoms with Gasteiger partial charge in [-0.1, -0.05) is 45.2 Å². The maximum atomic E-state index is 12.3. The van der Waals surface area contributed by atoms with Crippen LogP contribution in [0, 0.1) is 0 Å². The zero-order chi connectivity index (χ0) is 15.6. The van der Waals surface area contributed by atoms with E-state index in [1.54, 1.807) is 37.3 Å². The number of rotatable bonds is 4. The second-order valence-corrected chi connectivity index (χ2v) is 7.91. The van der Waals surface area contributed by atoms with Crippen molar-refractivity contribution in [2.75, 3.05) is 0 Å². The summed E-state index contributed by atoms with van der Waals surface area (Å²) in [6, 6.07) is 11.0. The summed E-state index contributed by atoms with van der Waals surface area (Å²) in [4.78, 5) is 0.206. The first-order chi connectivity index (χ1) is 9.79. The van der Waals surface area contributed by atoms with Crippen LogP contribution in [0.3, 0.4) is 0 Å². The van der Waals surface area contributed by atoms with Gasteiger partial charge in [0.25, 0.3) is 0 Å². The van der Waals surface area contributed by atoms with Crippen LogP contribution in [0.25, 0.3) is 0 Å². The number of benzene rings is 2. The first-order valence-corrected chi connectivity index (χ1v) is 9.05. The number of halogens is 3. The number of sulfonamides is 1. The first kappa shape index (κ1) is 16.8. The van der Waals surface area contributed by atoms with Crippen molar-refractivity contribution in [3.05, 3.63) is 62.5 Å². The number of hydrogen-bond donors (Lipinski definition) is 1. The van der Waals surface area contributed by atoms with Gasteiger partial charge in [0.15, 0.2) is 0 Å². The highest BCUT2D eigenvalue weighted by atomic mass is 79.9. The van der Waals surface area contributed by atoms with E-state index < -0.39 is 16.1 Å². The van der Waals surface area contributed by atoms with E-state index in [0.717, 1.165) is 10.0 Å². The van der Waals surface area contributed by atoms with Gasteiger partial charge in [-0.05, 0) is 48.9 Å². The van der Waals surface area contributed by atoms with Gasteiger partial charge < -0.3 is 0 Å². The number of hydrogen-bond acceptors (Lipinski definition) is 2. The Morgan fingerprint density at radius 2 is 1.67 bits per heavy atom. The second kappa shape index (κ2) is 6.67. The molecule has 1 unspecified atom stereocenters. The van der Waals surface area contributed by atoms with Gasteiger partial charge in [-0.15, -0.1) is 0 Å². The van der Waals surface area contributed by atoms with Gasteiger partial charge >= 0.3 is 0 Å². The molecule has 2 aromatic rings. The highest BCUT2D eigenvalue weighted by Crippen LogP contribution is 2.26. The van der Waals surface area contributed by atoms with Gasteiger partial charge in [0.05, 0.1) is 14.9 Å². The fraction of sp³-hybridized carbons (Fsp3) is 0.143. The van der Waals surface area contributed by atoms with E-state index in [4.69, 9.17) is 23.2 Å². The van der Waals surface area contributed by atoms with Crippen LogP contribution < -0.4 is 4.72 Å². The molecule has 7 heteroatoms. The molecule has 0 amide bonds. The monoisotopic (exact) mass is 407 g/mol. The molecule has 0 spiro atoms. The summed E-state index contributed by atoms with van der Waals surface area (Å²) in [6.45, 7) is 1.75. The van der Waals surface area contributed by atoms with Crippen molar-refractivity contribution in [3.8, 4) is 0 Å². The van der Waals surface area contributed by atoms with Crippen molar-refractivity contribution in [1.82, 2.24) is 4.72 Å². The lowest BCUT2D eigenvalue weighted by molar-refractivity contribution is 0.567. The van der Waals surface area contributed by atoms with Crippen molar-refractivity contribution in [3.63, 3.8) is 0 Å². The average Bonchev–Trinajstić information content (AvgIpc) is 2.41. The van der Waals surface area contributed by atoms with Crippen LogP contribution in [-0.4, -0.2) is 8.42 Å². The molecule has 2 rings (SSSR count). The van der Waals surface area contributed by atoms with Gasteiger partial charge in [-0.25, -0.2) is 13.1 Å². The minimum absolute atomic E-state index is 0.206. The summed E-state index contributed by atoms with van der Waals surface area (Å²) in [5.41, 5.74) is 0.741. The lowest BCUT2D eigenvalue weighted by atomic mass is 10.1. The van der Waals surface area contributed by atoms with Crippen LogP contribution in [0.2, 0.25) is 10.0 Å². The van der Waals surface area contributed by atoms with E-state index in [9.17, 15) is 8.42 Å². The Hall–Kier alpha value is -0.590. The summed E-state index contributed by atoms with van der Waals surface area (Å²) in [5.74, 6) is 0. The Morgan fingerprint density at radius 3 is 2.24 bits per heavy atom. The van der Waals surface area contributed by atoms with Crippen molar-refractivity contribution >= 4 is 49.2 Å². The third-order valence-electron chi connectivity index (χ3n) is 2.90. The largest absolute Gasteiger partial charge is 0.241 e. The molecule has 1 N–H and O–H groups in total. The molecule has 112 valence electrons. The second-order valence-electron chi connectivity index (χ2n) is 4.47. The topological polar surface area (TPSA) is 46.2 Å². The maximum absolute atomic E-state index is 12.3. The van der Waals surface area contributed by atoms with Gasteiger partial charge in [0.1, 0.15) is 0 Å². The molecule has 2 aromatic carbocycles. The van der Waals surface area contributed by atoms with Crippen molar-refractivity contribution in [2.24, 2.45) is 0 Å². The Labute approximate surface area is 142 Å². The summed E-state index contributed by atoms with van der Waals surface area (Å²) >= 11 is 15.1. The van der Waals surface area contributed by atoms with Crippen LogP contribution in [0.15, 0.2) is 51.8 Å². The summed E-state index contributed by atoms with van der Waals surface area (Å²) in [7, 11) is -3.59. The van der Waals surface area contributed by atoms with Gasteiger partial charge in [0, 0.05) is 10.5 Å². The van der Waals surface area contributed by atoms with Crippen molar-refractivity contribution in [2.45, 2.75) is 17.9 Å². The predicted molar refractivity (Wildman–Crippen MR) is 89.3 cm³/mol. The van der Waals surface area contributed by atoms with Crippen LogP contribution in [0.4, 0.5) is 0 Å². The zero-order valence-electron chi connectivity index (χ0n) is 11.0. The van der Waals surface area contributed by atoms with Crippen LogP contribution in [-0.2, 0) is 10.0 Å². The third kappa shape index (κ3) is 4.20. The smallest absolute Gasteiger partial charge is 0.207 e. The van der Waals surface area contributed by atoms with E-state index in [1.807, 2.05) is 0 Å². The molecule has 0 aromatic heterocycles. The van der Waals surface area contributed by atoms with Gasteiger partial charge in [-0.2, -0.15) is 0 Å². The highest BCUT2D eigenvalue weighted by Gasteiger charge is 2.18. The van der Waals surface area contributed by atoms with Gasteiger partial charge in [-0.3, -0.25) is 0 Å². The Balaban J connectivity index is 2.23. The fourth-order valence-corrected chi connectivity index (χ4v) is 3.57. The minimum atomic E-state index is -3.59. The summed E-state index contributed by atoms with van der Waals surface area (Å²) in [5, 5.41) is 0.826. The molecule has 0 fully saturated rings. The van der Waals surface area contributed by atoms with Crippen LogP contribution >= 0.6 is 39.1 Å². The molecular weight excluding hydrogens is 397 g/mol. The molecule has 1 atom stereocenters. The van der Waals surface area contributed by atoms with E-state index in [-0.39, 0.29) is 4.90 Å². The molecular formula is C14H12BrCl2NO2S.